The number of aromatic nitrogens is 1. The van der Waals surface area contributed by atoms with Gasteiger partial charge in [0.05, 0.1) is 5.69 Å². The van der Waals surface area contributed by atoms with Gasteiger partial charge in [0.15, 0.2) is 0 Å². The number of nitrogens with one attached hydrogen (secondary N) is 1. The van der Waals surface area contributed by atoms with E-state index in [0.29, 0.717) is 6.04 Å². The lowest BCUT2D eigenvalue weighted by molar-refractivity contribution is 0.370. The Kier molecular flexibility index (Phi) is 4.68. The van der Waals surface area contributed by atoms with Crippen molar-refractivity contribution in [2.24, 2.45) is 0 Å². The number of hydrogen-bond donors (Lipinski definition) is 1. The van der Waals surface area contributed by atoms with E-state index < -0.39 is 0 Å². The van der Waals surface area contributed by atoms with Gasteiger partial charge in [-0.25, -0.2) is 0 Å². The number of benzene rings is 1. The molecule has 3 rings (SSSR count). The van der Waals surface area contributed by atoms with E-state index >= 15 is 0 Å². The van der Waals surface area contributed by atoms with Crippen molar-refractivity contribution in [3.8, 4) is 5.69 Å². The van der Waals surface area contributed by atoms with E-state index in [2.05, 4.69) is 61.1 Å². The van der Waals surface area contributed by atoms with Crippen molar-refractivity contribution in [3.05, 3.63) is 52.8 Å². The second kappa shape index (κ2) is 6.70. The average molecular weight is 296 g/mol. The molecule has 22 heavy (non-hydrogen) atoms. The molecule has 0 unspecified atom stereocenters. The van der Waals surface area contributed by atoms with Crippen LogP contribution < -0.4 is 5.32 Å². The smallest absolute Gasteiger partial charge is 0.0511 e. The van der Waals surface area contributed by atoms with Gasteiger partial charge in [0, 0.05) is 24.5 Å². The number of rotatable bonds is 4. The zero-order valence-electron chi connectivity index (χ0n) is 14.2. The summed E-state index contributed by atoms with van der Waals surface area (Å²) in [5.74, 6) is 0. The molecule has 0 radical (unpaired) electrons. The first kappa shape index (κ1) is 15.4. The molecule has 1 N–H and O–H groups in total. The van der Waals surface area contributed by atoms with Crippen LogP contribution in [0.4, 0.5) is 0 Å². The summed E-state index contributed by atoms with van der Waals surface area (Å²) in [7, 11) is 0. The first-order chi connectivity index (χ1) is 10.6. The van der Waals surface area contributed by atoms with Crippen LogP contribution in [0.15, 0.2) is 30.5 Å². The fourth-order valence-electron chi connectivity index (χ4n) is 3.89. The van der Waals surface area contributed by atoms with Gasteiger partial charge in [-0.05, 0) is 56.9 Å². The lowest BCUT2D eigenvalue weighted by Gasteiger charge is -2.23. The molecule has 0 bridgehead atoms. The zero-order chi connectivity index (χ0) is 15.5. The van der Waals surface area contributed by atoms with Crippen molar-refractivity contribution >= 4 is 0 Å². The van der Waals surface area contributed by atoms with Crippen molar-refractivity contribution in [3.63, 3.8) is 0 Å². The predicted octanol–water partition coefficient (Wildman–Crippen LogP) is 4.82. The minimum absolute atomic E-state index is 0.706. The summed E-state index contributed by atoms with van der Waals surface area (Å²) in [5.41, 5.74) is 6.75. The van der Waals surface area contributed by atoms with Gasteiger partial charge in [-0.1, -0.05) is 37.0 Å². The van der Waals surface area contributed by atoms with Crippen LogP contribution in [0.25, 0.3) is 5.69 Å². The molecule has 1 aliphatic carbocycles. The highest BCUT2D eigenvalue weighted by molar-refractivity contribution is 5.50. The van der Waals surface area contributed by atoms with E-state index in [1.54, 1.807) is 0 Å². The fraction of sp³-hybridized carbons (Fsp3) is 0.500. The van der Waals surface area contributed by atoms with Gasteiger partial charge in [0.25, 0.3) is 0 Å². The molecule has 0 aliphatic heterocycles. The minimum atomic E-state index is 0.706. The van der Waals surface area contributed by atoms with E-state index in [1.807, 2.05) is 0 Å². The Bertz CT molecular complexity index is 610. The highest BCUT2D eigenvalue weighted by atomic mass is 15.0. The van der Waals surface area contributed by atoms with Crippen LogP contribution in [-0.4, -0.2) is 10.6 Å². The van der Waals surface area contributed by atoms with Crippen LogP contribution in [0.3, 0.4) is 0 Å². The monoisotopic (exact) mass is 296 g/mol. The fourth-order valence-corrected chi connectivity index (χ4v) is 3.89. The summed E-state index contributed by atoms with van der Waals surface area (Å²) in [4.78, 5) is 0. The topological polar surface area (TPSA) is 17.0 Å². The van der Waals surface area contributed by atoms with Gasteiger partial charge >= 0.3 is 0 Å². The lowest BCUT2D eigenvalue weighted by Crippen LogP contribution is -2.31. The minimum Gasteiger partial charge on any atom is -0.319 e. The standard InChI is InChI=1S/C20H28N2/c1-15-12-16(2)20(17(3)13-15)22-11-7-10-19(22)14-21-18-8-5-4-6-9-18/h7,10-13,18,21H,4-6,8-9,14H2,1-3H3. The first-order valence-corrected chi connectivity index (χ1v) is 8.63. The van der Waals surface area contributed by atoms with Gasteiger partial charge in [-0.2, -0.15) is 0 Å². The molecular weight excluding hydrogens is 268 g/mol. The molecule has 2 nitrogen and oxygen atoms in total. The highest BCUT2D eigenvalue weighted by Crippen LogP contribution is 2.24. The summed E-state index contributed by atoms with van der Waals surface area (Å²) < 4.78 is 2.36. The average Bonchev–Trinajstić information content (AvgIpc) is 2.93. The summed E-state index contributed by atoms with van der Waals surface area (Å²) in [6.07, 6.45) is 9.05. The number of nitrogens with zero attached hydrogens (tertiary/aromatic N) is 1. The third-order valence-corrected chi connectivity index (χ3v) is 4.89. The molecule has 2 heteroatoms. The Hall–Kier alpha value is -1.54. The van der Waals surface area contributed by atoms with Crippen LogP contribution in [0.1, 0.15) is 54.5 Å². The van der Waals surface area contributed by atoms with Crippen LogP contribution >= 0.6 is 0 Å². The third kappa shape index (κ3) is 3.27. The van der Waals surface area contributed by atoms with E-state index in [1.165, 1.54) is 60.2 Å². The molecule has 118 valence electrons. The second-order valence-electron chi connectivity index (χ2n) is 6.83. The second-order valence-corrected chi connectivity index (χ2v) is 6.83. The van der Waals surface area contributed by atoms with Gasteiger partial charge in [0.2, 0.25) is 0 Å². The Morgan fingerprint density at radius 3 is 2.41 bits per heavy atom. The molecule has 0 saturated heterocycles. The van der Waals surface area contributed by atoms with Gasteiger partial charge in [0.1, 0.15) is 0 Å². The molecule has 1 aromatic heterocycles. The Balaban J connectivity index is 1.80. The summed E-state index contributed by atoms with van der Waals surface area (Å²) in [6, 6.07) is 9.67. The molecule has 0 spiro atoms. The molecular formula is C20H28N2. The molecule has 1 aromatic carbocycles. The maximum Gasteiger partial charge on any atom is 0.0511 e. The van der Waals surface area contributed by atoms with E-state index in [9.17, 15) is 0 Å². The highest BCUT2D eigenvalue weighted by Gasteiger charge is 2.14. The summed E-state index contributed by atoms with van der Waals surface area (Å²) in [5, 5.41) is 3.76. The Morgan fingerprint density at radius 1 is 1.05 bits per heavy atom. The quantitative estimate of drug-likeness (QED) is 0.855. The van der Waals surface area contributed by atoms with Gasteiger partial charge in [-0.15, -0.1) is 0 Å². The van der Waals surface area contributed by atoms with Gasteiger partial charge < -0.3 is 9.88 Å². The predicted molar refractivity (Wildman–Crippen MR) is 93.7 cm³/mol. The van der Waals surface area contributed by atoms with Crippen LogP contribution in [0, 0.1) is 20.8 Å². The molecule has 0 atom stereocenters. The van der Waals surface area contributed by atoms with Crippen molar-refractivity contribution < 1.29 is 0 Å². The first-order valence-electron chi connectivity index (χ1n) is 8.63. The largest absolute Gasteiger partial charge is 0.319 e. The summed E-state index contributed by atoms with van der Waals surface area (Å²) >= 11 is 0. The van der Waals surface area contributed by atoms with Crippen molar-refractivity contribution in [1.29, 1.82) is 0 Å². The maximum atomic E-state index is 3.76. The number of aryl methyl sites for hydroxylation is 3. The van der Waals surface area contributed by atoms with Crippen molar-refractivity contribution in [2.45, 2.75) is 65.5 Å². The SMILES string of the molecule is Cc1cc(C)c(-n2cccc2CNC2CCCCC2)c(C)c1. The molecule has 1 saturated carbocycles. The number of hydrogen-bond acceptors (Lipinski definition) is 1. The van der Waals surface area contributed by atoms with Crippen LogP contribution in [0.2, 0.25) is 0 Å². The molecule has 0 amide bonds. The van der Waals surface area contributed by atoms with Crippen LogP contribution in [0.5, 0.6) is 0 Å². The Labute approximate surface area is 134 Å². The molecule has 2 aromatic rings. The van der Waals surface area contributed by atoms with E-state index in [4.69, 9.17) is 0 Å². The van der Waals surface area contributed by atoms with Crippen LogP contribution in [-0.2, 0) is 6.54 Å². The molecule has 1 heterocycles. The van der Waals surface area contributed by atoms with E-state index in [0.717, 1.165) is 6.54 Å². The Morgan fingerprint density at radius 2 is 1.73 bits per heavy atom. The summed E-state index contributed by atoms with van der Waals surface area (Å²) in [6.45, 7) is 7.57. The van der Waals surface area contributed by atoms with E-state index in [-0.39, 0.29) is 0 Å². The molecule has 1 fully saturated rings. The zero-order valence-corrected chi connectivity index (χ0v) is 14.2. The molecule has 1 aliphatic rings. The van der Waals surface area contributed by atoms with Gasteiger partial charge in [-0.3, -0.25) is 0 Å². The maximum absolute atomic E-state index is 3.76. The van der Waals surface area contributed by atoms with Crippen molar-refractivity contribution in [1.82, 2.24) is 9.88 Å². The lowest BCUT2D eigenvalue weighted by atomic mass is 9.95. The third-order valence-electron chi connectivity index (χ3n) is 4.89. The van der Waals surface area contributed by atoms with Crippen molar-refractivity contribution in [2.75, 3.05) is 0 Å². The normalized spacial score (nSPS) is 16.1.